The van der Waals surface area contributed by atoms with E-state index in [-0.39, 0.29) is 11.8 Å². The molecule has 3 aliphatic rings. The van der Waals surface area contributed by atoms with Crippen LogP contribution in [-0.2, 0) is 4.79 Å². The van der Waals surface area contributed by atoms with Crippen LogP contribution in [0.5, 0.6) is 0 Å². The molecule has 1 fully saturated rings. The van der Waals surface area contributed by atoms with Crippen molar-refractivity contribution >= 4 is 5.91 Å². The summed E-state index contributed by atoms with van der Waals surface area (Å²) in [6.45, 7) is 2.87. The first kappa shape index (κ1) is 12.0. The Labute approximate surface area is 109 Å². The number of carbonyl (C=O) groups excluding carboxylic acids is 1. The van der Waals surface area contributed by atoms with Crippen LogP contribution in [0, 0.1) is 17.8 Å². The van der Waals surface area contributed by atoms with Crippen molar-refractivity contribution in [2.24, 2.45) is 17.8 Å². The van der Waals surface area contributed by atoms with E-state index in [4.69, 9.17) is 0 Å². The van der Waals surface area contributed by atoms with E-state index in [1.54, 1.807) is 0 Å². The zero-order valence-electron chi connectivity index (χ0n) is 10.8. The summed E-state index contributed by atoms with van der Waals surface area (Å²) < 4.78 is 0. The van der Waals surface area contributed by atoms with Gasteiger partial charge < -0.3 is 10.6 Å². The molecule has 0 spiro atoms. The number of allylic oxidation sites excluding steroid dienone is 2. The molecule has 2 aliphatic carbocycles. The molecule has 3 unspecified atom stereocenters. The van der Waals surface area contributed by atoms with E-state index in [2.05, 4.69) is 28.9 Å². The van der Waals surface area contributed by atoms with Crippen LogP contribution in [0.3, 0.4) is 0 Å². The van der Waals surface area contributed by atoms with E-state index >= 15 is 0 Å². The normalized spacial score (nSPS) is 33.6. The van der Waals surface area contributed by atoms with Crippen LogP contribution < -0.4 is 10.6 Å². The molecule has 3 nitrogen and oxygen atoms in total. The van der Waals surface area contributed by atoms with E-state index in [1.807, 2.05) is 0 Å². The van der Waals surface area contributed by atoms with Gasteiger partial charge in [0.1, 0.15) is 0 Å². The summed E-state index contributed by atoms with van der Waals surface area (Å²) in [5, 5.41) is 6.43. The summed E-state index contributed by atoms with van der Waals surface area (Å²) in [6.07, 6.45) is 11.2. The van der Waals surface area contributed by atoms with E-state index in [9.17, 15) is 4.79 Å². The van der Waals surface area contributed by atoms with E-state index in [0.717, 1.165) is 38.9 Å². The van der Waals surface area contributed by atoms with Gasteiger partial charge in [-0.1, -0.05) is 23.8 Å². The number of hydrogen-bond donors (Lipinski definition) is 2. The number of carbonyl (C=O) groups is 1. The first-order valence-electron chi connectivity index (χ1n) is 7.17. The molecule has 18 heavy (non-hydrogen) atoms. The molecular weight excluding hydrogens is 224 g/mol. The van der Waals surface area contributed by atoms with Crippen molar-refractivity contribution in [3.8, 4) is 0 Å². The highest BCUT2D eigenvalue weighted by Gasteiger charge is 2.39. The van der Waals surface area contributed by atoms with Crippen molar-refractivity contribution in [2.45, 2.75) is 25.7 Å². The highest BCUT2D eigenvalue weighted by atomic mass is 16.1. The van der Waals surface area contributed by atoms with Gasteiger partial charge in [0.2, 0.25) is 5.91 Å². The number of hydrogen-bond acceptors (Lipinski definition) is 2. The highest BCUT2D eigenvalue weighted by Crippen LogP contribution is 2.43. The molecule has 98 valence electrons. The van der Waals surface area contributed by atoms with Crippen LogP contribution in [0.4, 0.5) is 0 Å². The third-order valence-electron chi connectivity index (χ3n) is 4.52. The molecule has 3 atom stereocenters. The Morgan fingerprint density at radius 3 is 3.00 bits per heavy atom. The fraction of sp³-hybridized carbons (Fsp3) is 0.667. The van der Waals surface area contributed by atoms with Crippen LogP contribution in [-0.4, -0.2) is 25.5 Å². The van der Waals surface area contributed by atoms with Gasteiger partial charge >= 0.3 is 0 Å². The molecule has 1 saturated carbocycles. The lowest BCUT2D eigenvalue weighted by atomic mass is 9.93. The molecule has 2 bridgehead atoms. The fourth-order valence-electron chi connectivity index (χ4n) is 3.46. The minimum Gasteiger partial charge on any atom is -0.356 e. The van der Waals surface area contributed by atoms with E-state index in [0.29, 0.717) is 11.8 Å². The quantitative estimate of drug-likeness (QED) is 0.740. The Kier molecular flexibility index (Phi) is 3.50. The molecular formula is C15H22N2O. The highest BCUT2D eigenvalue weighted by molar-refractivity contribution is 5.79. The Morgan fingerprint density at radius 2 is 2.33 bits per heavy atom. The van der Waals surface area contributed by atoms with Crippen molar-refractivity contribution in [1.29, 1.82) is 0 Å². The number of amides is 1. The van der Waals surface area contributed by atoms with Gasteiger partial charge in [0, 0.05) is 19.0 Å². The number of rotatable bonds is 4. The second-order valence-electron chi connectivity index (χ2n) is 5.74. The van der Waals surface area contributed by atoms with Crippen LogP contribution >= 0.6 is 0 Å². The fourth-order valence-corrected chi connectivity index (χ4v) is 3.46. The zero-order valence-corrected chi connectivity index (χ0v) is 10.8. The Balaban J connectivity index is 1.42. The average Bonchev–Trinajstić information content (AvgIpc) is 3.02. The topological polar surface area (TPSA) is 41.1 Å². The molecule has 0 aromatic rings. The van der Waals surface area contributed by atoms with Crippen LogP contribution in [0.15, 0.2) is 23.8 Å². The molecule has 0 saturated heterocycles. The summed E-state index contributed by atoms with van der Waals surface area (Å²) in [5.41, 5.74) is 1.49. The third kappa shape index (κ3) is 2.51. The monoisotopic (exact) mass is 246 g/mol. The largest absolute Gasteiger partial charge is 0.356 e. The molecule has 3 heteroatoms. The molecule has 0 aromatic carbocycles. The van der Waals surface area contributed by atoms with Gasteiger partial charge in [0.25, 0.3) is 0 Å². The standard InChI is InChI=1S/C15H22N2O/c18-15(14-10-12-1-2-13(14)9-12)17-8-5-11-3-6-16-7-4-11/h1-3,12-14,16H,4-10H2,(H,17,18). The predicted octanol–water partition coefficient (Wildman–Crippen LogP) is 1.62. The molecule has 3 rings (SSSR count). The van der Waals surface area contributed by atoms with Crippen molar-refractivity contribution in [3.05, 3.63) is 23.8 Å². The Hall–Kier alpha value is -1.09. The lowest BCUT2D eigenvalue weighted by Gasteiger charge is -2.18. The lowest BCUT2D eigenvalue weighted by molar-refractivity contribution is -0.125. The molecule has 1 amide bonds. The zero-order chi connectivity index (χ0) is 12.4. The van der Waals surface area contributed by atoms with Gasteiger partial charge in [0.05, 0.1) is 0 Å². The summed E-state index contributed by atoms with van der Waals surface area (Å²) in [6, 6.07) is 0. The first-order chi connectivity index (χ1) is 8.83. The summed E-state index contributed by atoms with van der Waals surface area (Å²) in [5.74, 6) is 1.73. The maximum absolute atomic E-state index is 12.1. The predicted molar refractivity (Wildman–Crippen MR) is 72.0 cm³/mol. The summed E-state index contributed by atoms with van der Waals surface area (Å²) in [7, 11) is 0. The molecule has 2 N–H and O–H groups in total. The second-order valence-corrected chi connectivity index (χ2v) is 5.74. The Bertz CT molecular complexity index is 386. The van der Waals surface area contributed by atoms with Crippen molar-refractivity contribution in [3.63, 3.8) is 0 Å². The van der Waals surface area contributed by atoms with Crippen molar-refractivity contribution in [1.82, 2.24) is 10.6 Å². The number of fused-ring (bicyclic) bond motifs is 2. The number of nitrogens with one attached hydrogen (secondary N) is 2. The minimum absolute atomic E-state index is 0.252. The maximum atomic E-state index is 12.1. The van der Waals surface area contributed by atoms with E-state index < -0.39 is 0 Å². The minimum atomic E-state index is 0.252. The third-order valence-corrected chi connectivity index (χ3v) is 4.52. The van der Waals surface area contributed by atoms with E-state index in [1.165, 1.54) is 12.0 Å². The maximum Gasteiger partial charge on any atom is 0.223 e. The average molecular weight is 246 g/mol. The van der Waals surface area contributed by atoms with Crippen molar-refractivity contribution in [2.75, 3.05) is 19.6 Å². The molecule has 0 aromatic heterocycles. The smallest absolute Gasteiger partial charge is 0.223 e. The molecule has 1 heterocycles. The molecule has 1 aliphatic heterocycles. The lowest BCUT2D eigenvalue weighted by Crippen LogP contribution is -2.34. The van der Waals surface area contributed by atoms with Gasteiger partial charge in [0.15, 0.2) is 0 Å². The van der Waals surface area contributed by atoms with Crippen LogP contribution in [0.2, 0.25) is 0 Å². The summed E-state index contributed by atoms with van der Waals surface area (Å²) in [4.78, 5) is 12.1. The van der Waals surface area contributed by atoms with Gasteiger partial charge in [-0.3, -0.25) is 4.79 Å². The van der Waals surface area contributed by atoms with Crippen LogP contribution in [0.25, 0.3) is 0 Å². The van der Waals surface area contributed by atoms with Gasteiger partial charge in [-0.15, -0.1) is 0 Å². The Morgan fingerprint density at radius 1 is 1.39 bits per heavy atom. The van der Waals surface area contributed by atoms with Gasteiger partial charge in [-0.25, -0.2) is 0 Å². The second kappa shape index (κ2) is 5.27. The molecule has 0 radical (unpaired) electrons. The van der Waals surface area contributed by atoms with Crippen molar-refractivity contribution < 1.29 is 4.79 Å². The first-order valence-corrected chi connectivity index (χ1v) is 7.17. The summed E-state index contributed by atoms with van der Waals surface area (Å²) >= 11 is 0. The SMILES string of the molecule is O=C(NCCC1=CCNCC1)C1CC2C=CC1C2. The van der Waals surface area contributed by atoms with Gasteiger partial charge in [-0.05, 0) is 44.1 Å². The van der Waals surface area contributed by atoms with Crippen LogP contribution in [0.1, 0.15) is 25.7 Å². The van der Waals surface area contributed by atoms with Gasteiger partial charge in [-0.2, -0.15) is 0 Å².